The van der Waals surface area contributed by atoms with Crippen LogP contribution in [0.4, 0.5) is 11.6 Å². The number of anilines is 2. The SMILES string of the molecule is Cc1cnc(C(C)Nc2cc(NCC3CCNCC3)nc3c(C(C)C)cnn23)s1. The fraction of sp³-hybridized carbons (Fsp3) is 0.571. The van der Waals surface area contributed by atoms with Crippen molar-refractivity contribution in [2.45, 2.75) is 52.5 Å². The van der Waals surface area contributed by atoms with Crippen LogP contribution in [0.3, 0.4) is 0 Å². The van der Waals surface area contributed by atoms with Gasteiger partial charge in [-0.3, -0.25) is 0 Å². The average molecular weight is 414 g/mol. The number of nitrogens with zero attached hydrogens (tertiary/aromatic N) is 4. The summed E-state index contributed by atoms with van der Waals surface area (Å²) in [5.74, 6) is 2.91. The molecule has 0 aliphatic carbocycles. The summed E-state index contributed by atoms with van der Waals surface area (Å²) >= 11 is 1.72. The van der Waals surface area contributed by atoms with Gasteiger partial charge in [0.25, 0.3) is 0 Å². The highest BCUT2D eigenvalue weighted by molar-refractivity contribution is 7.11. The summed E-state index contributed by atoms with van der Waals surface area (Å²) < 4.78 is 1.92. The maximum atomic E-state index is 4.91. The van der Waals surface area contributed by atoms with Crippen LogP contribution in [0.1, 0.15) is 61.0 Å². The number of thiazole rings is 1. The first-order valence-electron chi connectivity index (χ1n) is 10.5. The molecule has 1 unspecified atom stereocenters. The highest BCUT2D eigenvalue weighted by Crippen LogP contribution is 2.28. The van der Waals surface area contributed by atoms with Gasteiger partial charge in [-0.05, 0) is 51.6 Å². The highest BCUT2D eigenvalue weighted by atomic mass is 32.1. The van der Waals surface area contributed by atoms with Crippen molar-refractivity contribution < 1.29 is 0 Å². The van der Waals surface area contributed by atoms with Gasteiger partial charge in [0.15, 0.2) is 5.65 Å². The Morgan fingerprint density at radius 1 is 1.24 bits per heavy atom. The molecule has 1 fully saturated rings. The Hall–Kier alpha value is -2.19. The van der Waals surface area contributed by atoms with E-state index in [2.05, 4.69) is 59.8 Å². The summed E-state index contributed by atoms with van der Waals surface area (Å²) in [6.45, 7) is 11.8. The molecular weight excluding hydrogens is 382 g/mol. The first kappa shape index (κ1) is 20.1. The number of aromatic nitrogens is 4. The van der Waals surface area contributed by atoms with Crippen LogP contribution in [0.2, 0.25) is 0 Å². The van der Waals surface area contributed by atoms with Gasteiger partial charge in [0.1, 0.15) is 16.6 Å². The van der Waals surface area contributed by atoms with Crippen LogP contribution in [0, 0.1) is 12.8 Å². The lowest BCUT2D eigenvalue weighted by Crippen LogP contribution is -2.31. The Labute approximate surface area is 176 Å². The van der Waals surface area contributed by atoms with Crippen LogP contribution >= 0.6 is 11.3 Å². The Kier molecular flexibility index (Phi) is 6.01. The molecule has 3 aromatic heterocycles. The fourth-order valence-corrected chi connectivity index (χ4v) is 4.55. The molecule has 3 aromatic rings. The van der Waals surface area contributed by atoms with Crippen molar-refractivity contribution >= 4 is 28.6 Å². The molecule has 3 N–H and O–H groups in total. The van der Waals surface area contributed by atoms with Crippen molar-refractivity contribution in [3.05, 3.63) is 33.9 Å². The van der Waals surface area contributed by atoms with Gasteiger partial charge in [-0.2, -0.15) is 9.61 Å². The van der Waals surface area contributed by atoms with E-state index in [1.807, 2.05) is 16.9 Å². The molecule has 1 saturated heterocycles. The zero-order valence-electron chi connectivity index (χ0n) is 17.7. The minimum atomic E-state index is 0.100. The standard InChI is InChI=1S/C21H31N7S/c1-13(2)17-12-25-28-19(26-15(4)21-24-10-14(3)29-21)9-18(27-20(17)28)23-11-16-5-7-22-8-6-16/h9-10,12-13,15-16,22,26H,5-8,11H2,1-4H3,(H,23,27). The van der Waals surface area contributed by atoms with Crippen LogP contribution in [0.25, 0.3) is 5.65 Å². The molecule has 4 rings (SSSR count). The molecule has 29 heavy (non-hydrogen) atoms. The van der Waals surface area contributed by atoms with Gasteiger partial charge in [0, 0.05) is 29.2 Å². The predicted molar refractivity (Wildman–Crippen MR) is 120 cm³/mol. The van der Waals surface area contributed by atoms with Gasteiger partial charge in [-0.1, -0.05) is 13.8 Å². The first-order chi connectivity index (χ1) is 14.0. The topological polar surface area (TPSA) is 79.2 Å². The number of hydrogen-bond acceptors (Lipinski definition) is 7. The summed E-state index contributed by atoms with van der Waals surface area (Å²) in [6.07, 6.45) is 6.29. The van der Waals surface area contributed by atoms with E-state index < -0.39 is 0 Å². The third-order valence-corrected chi connectivity index (χ3v) is 6.62. The molecular formula is C21H31N7S. The molecule has 7 nitrogen and oxygen atoms in total. The Balaban J connectivity index is 1.62. The minimum absolute atomic E-state index is 0.100. The van der Waals surface area contributed by atoms with Crippen LogP contribution in [0.5, 0.6) is 0 Å². The van der Waals surface area contributed by atoms with Crippen molar-refractivity contribution in [2.75, 3.05) is 30.3 Å². The van der Waals surface area contributed by atoms with Gasteiger partial charge in [-0.15, -0.1) is 11.3 Å². The van der Waals surface area contributed by atoms with Crippen molar-refractivity contribution in [1.29, 1.82) is 0 Å². The second kappa shape index (κ2) is 8.67. The summed E-state index contributed by atoms with van der Waals surface area (Å²) in [5, 5.41) is 16.3. The molecule has 156 valence electrons. The van der Waals surface area contributed by atoms with E-state index in [1.54, 1.807) is 11.3 Å². The molecule has 1 atom stereocenters. The Morgan fingerprint density at radius 3 is 2.72 bits per heavy atom. The van der Waals surface area contributed by atoms with E-state index in [-0.39, 0.29) is 6.04 Å². The molecule has 4 heterocycles. The molecule has 1 aliphatic rings. The van der Waals surface area contributed by atoms with E-state index in [1.165, 1.54) is 17.7 Å². The predicted octanol–water partition coefficient (Wildman–Crippen LogP) is 4.20. The number of hydrogen-bond donors (Lipinski definition) is 3. The number of nitrogens with one attached hydrogen (secondary N) is 3. The smallest absolute Gasteiger partial charge is 0.163 e. The quantitative estimate of drug-likeness (QED) is 0.539. The highest BCUT2D eigenvalue weighted by Gasteiger charge is 2.18. The van der Waals surface area contributed by atoms with E-state index in [0.29, 0.717) is 11.8 Å². The van der Waals surface area contributed by atoms with Crippen LogP contribution < -0.4 is 16.0 Å². The largest absolute Gasteiger partial charge is 0.370 e. The lowest BCUT2D eigenvalue weighted by atomic mass is 9.98. The third-order valence-electron chi connectivity index (χ3n) is 5.53. The van der Waals surface area contributed by atoms with E-state index in [0.717, 1.165) is 47.5 Å². The minimum Gasteiger partial charge on any atom is -0.370 e. The van der Waals surface area contributed by atoms with Gasteiger partial charge >= 0.3 is 0 Å². The van der Waals surface area contributed by atoms with Crippen molar-refractivity contribution in [3.8, 4) is 0 Å². The summed E-state index contributed by atoms with van der Waals surface area (Å²) in [5.41, 5.74) is 2.08. The zero-order valence-corrected chi connectivity index (χ0v) is 18.5. The van der Waals surface area contributed by atoms with Gasteiger partial charge in [0.2, 0.25) is 0 Å². The molecule has 0 saturated carbocycles. The lowest BCUT2D eigenvalue weighted by molar-refractivity contribution is 0.389. The van der Waals surface area contributed by atoms with E-state index in [4.69, 9.17) is 4.98 Å². The van der Waals surface area contributed by atoms with Gasteiger partial charge in [-0.25, -0.2) is 9.97 Å². The molecule has 0 amide bonds. The van der Waals surface area contributed by atoms with Crippen molar-refractivity contribution in [2.24, 2.45) is 5.92 Å². The summed E-state index contributed by atoms with van der Waals surface area (Å²) in [4.78, 5) is 10.7. The number of piperidine rings is 1. The zero-order chi connectivity index (χ0) is 20.4. The first-order valence-corrected chi connectivity index (χ1v) is 11.3. The molecule has 1 aliphatic heterocycles. The number of aryl methyl sites for hydroxylation is 1. The maximum Gasteiger partial charge on any atom is 0.163 e. The summed E-state index contributed by atoms with van der Waals surface area (Å²) in [6, 6.07) is 2.17. The van der Waals surface area contributed by atoms with Gasteiger partial charge in [0.05, 0.1) is 12.2 Å². The van der Waals surface area contributed by atoms with Crippen LogP contribution in [-0.4, -0.2) is 39.2 Å². The van der Waals surface area contributed by atoms with Crippen molar-refractivity contribution in [1.82, 2.24) is 24.9 Å². The lowest BCUT2D eigenvalue weighted by Gasteiger charge is -2.23. The second-order valence-electron chi connectivity index (χ2n) is 8.27. The maximum absolute atomic E-state index is 4.91. The Morgan fingerprint density at radius 2 is 2.03 bits per heavy atom. The second-order valence-corrected chi connectivity index (χ2v) is 9.53. The molecule has 0 bridgehead atoms. The third kappa shape index (κ3) is 4.53. The monoisotopic (exact) mass is 413 g/mol. The molecule has 0 radical (unpaired) electrons. The van der Waals surface area contributed by atoms with Crippen LogP contribution in [-0.2, 0) is 0 Å². The number of fused-ring (bicyclic) bond motifs is 1. The fourth-order valence-electron chi connectivity index (χ4n) is 3.77. The normalized spacial score (nSPS) is 16.4. The van der Waals surface area contributed by atoms with E-state index >= 15 is 0 Å². The molecule has 8 heteroatoms. The molecule has 0 aromatic carbocycles. The number of rotatable bonds is 7. The van der Waals surface area contributed by atoms with E-state index in [9.17, 15) is 0 Å². The van der Waals surface area contributed by atoms with Crippen LogP contribution in [0.15, 0.2) is 18.5 Å². The van der Waals surface area contributed by atoms with Gasteiger partial charge < -0.3 is 16.0 Å². The average Bonchev–Trinajstić information content (AvgIpc) is 3.33. The van der Waals surface area contributed by atoms with Crippen molar-refractivity contribution in [3.63, 3.8) is 0 Å². The Bertz CT molecular complexity index is 955. The molecule has 0 spiro atoms. The summed E-state index contributed by atoms with van der Waals surface area (Å²) in [7, 11) is 0.